The van der Waals surface area contributed by atoms with Crippen molar-refractivity contribution in [2.75, 3.05) is 20.1 Å². The second-order valence-corrected chi connectivity index (χ2v) is 6.83. The average Bonchev–Trinajstić information content (AvgIpc) is 3.23. The monoisotopic (exact) mass is 381 g/mol. The van der Waals surface area contributed by atoms with Gasteiger partial charge in [0.05, 0.1) is 5.69 Å². The summed E-state index contributed by atoms with van der Waals surface area (Å²) in [5, 5.41) is 14.7. The summed E-state index contributed by atoms with van der Waals surface area (Å²) in [4.78, 5) is 25.0. The van der Waals surface area contributed by atoms with E-state index < -0.39 is 17.4 Å². The minimum atomic E-state index is -1.65. The number of aromatic nitrogens is 2. The molecule has 1 aromatic carbocycles. The molecule has 0 unspecified atom stereocenters. The molecule has 1 atom stereocenters. The van der Waals surface area contributed by atoms with Crippen LogP contribution in [0.4, 0.5) is 0 Å². The normalized spacial score (nSPS) is 18.8. The van der Waals surface area contributed by atoms with Gasteiger partial charge in [0.15, 0.2) is 5.69 Å². The van der Waals surface area contributed by atoms with E-state index in [1.807, 2.05) is 6.07 Å². The van der Waals surface area contributed by atoms with Gasteiger partial charge in [0.2, 0.25) is 5.60 Å². The molecule has 1 aromatic heterocycles. The summed E-state index contributed by atoms with van der Waals surface area (Å²) >= 11 is 0. The van der Waals surface area contributed by atoms with Crippen LogP contribution in [0.25, 0.3) is 5.69 Å². The van der Waals surface area contributed by atoms with E-state index in [4.69, 9.17) is 11.5 Å². The summed E-state index contributed by atoms with van der Waals surface area (Å²) in [6.07, 6.45) is 1.67. The molecule has 0 spiro atoms. The highest BCUT2D eigenvalue weighted by molar-refractivity contribution is 5.91. The molecule has 146 valence electrons. The van der Waals surface area contributed by atoms with Crippen LogP contribution in [-0.2, 0) is 11.2 Å². The molecular weight excluding hydrogens is 358 g/mol. The summed E-state index contributed by atoms with van der Waals surface area (Å²) < 4.78 is 1.64. The van der Waals surface area contributed by atoms with Gasteiger partial charge < -0.3 is 21.5 Å². The maximum Gasteiger partial charge on any atom is 0.269 e. The van der Waals surface area contributed by atoms with E-state index in [2.05, 4.69) is 16.9 Å². The quantitative estimate of drug-likeness (QED) is 0.619. The molecule has 2 amide bonds. The number of carbonyl (C=O) groups is 2. The molecule has 0 radical (unpaired) electrons. The zero-order chi connectivity index (χ0) is 20.3. The largest absolute Gasteiger partial charge is 0.369 e. The lowest BCUT2D eigenvalue weighted by atomic mass is 10.0. The highest BCUT2D eigenvalue weighted by Crippen LogP contribution is 2.21. The first kappa shape index (κ1) is 19.6. The summed E-state index contributed by atoms with van der Waals surface area (Å²) in [5.41, 5.74) is 11.6. The van der Waals surface area contributed by atoms with E-state index in [0.717, 1.165) is 12.1 Å². The van der Waals surface area contributed by atoms with Crippen LogP contribution in [0.1, 0.15) is 34.6 Å². The standard InChI is InChI=1S/C20H23N5O3/c1-24-11-9-20(28,19(24)27)8-7-14-4-2-5-15(12-14)25-16(6-3-10-21)13-17(23-25)18(22)26/h2,4-5,12-13,28H,3,6,9-11,21H2,1H3,(H2,22,26)/t20-/m0/s1. The fraction of sp³-hybridized carbons (Fsp3) is 0.350. The number of likely N-dealkylation sites (N-methyl/N-ethyl adjacent to an activating group) is 1. The van der Waals surface area contributed by atoms with E-state index in [0.29, 0.717) is 30.8 Å². The number of nitrogens with two attached hydrogens (primary N) is 2. The molecule has 2 aromatic rings. The highest BCUT2D eigenvalue weighted by Gasteiger charge is 2.42. The Balaban J connectivity index is 1.93. The predicted octanol–water partition coefficient (Wildman–Crippen LogP) is -0.193. The van der Waals surface area contributed by atoms with Crippen molar-refractivity contribution in [3.63, 3.8) is 0 Å². The molecule has 5 N–H and O–H groups in total. The molecule has 0 aliphatic carbocycles. The number of aliphatic hydroxyl groups is 1. The lowest BCUT2D eigenvalue weighted by Crippen LogP contribution is -2.37. The Hall–Kier alpha value is -3.15. The van der Waals surface area contributed by atoms with Crippen molar-refractivity contribution in [1.29, 1.82) is 0 Å². The zero-order valence-electron chi connectivity index (χ0n) is 15.7. The third-order valence-electron chi connectivity index (χ3n) is 4.69. The third kappa shape index (κ3) is 3.91. The lowest BCUT2D eigenvalue weighted by molar-refractivity contribution is -0.137. The molecular formula is C20H23N5O3. The van der Waals surface area contributed by atoms with Crippen molar-refractivity contribution in [1.82, 2.24) is 14.7 Å². The number of benzene rings is 1. The predicted molar refractivity (Wildman–Crippen MR) is 104 cm³/mol. The van der Waals surface area contributed by atoms with Crippen molar-refractivity contribution >= 4 is 11.8 Å². The number of nitrogens with zero attached hydrogens (tertiary/aromatic N) is 3. The van der Waals surface area contributed by atoms with Gasteiger partial charge in [-0.1, -0.05) is 17.9 Å². The fourth-order valence-corrected chi connectivity index (χ4v) is 3.09. The number of primary amides is 1. The second-order valence-electron chi connectivity index (χ2n) is 6.83. The zero-order valence-corrected chi connectivity index (χ0v) is 15.7. The summed E-state index contributed by atoms with van der Waals surface area (Å²) in [5.74, 6) is 4.59. The third-order valence-corrected chi connectivity index (χ3v) is 4.69. The van der Waals surface area contributed by atoms with Crippen LogP contribution in [-0.4, -0.2) is 57.3 Å². The van der Waals surface area contributed by atoms with Crippen molar-refractivity contribution < 1.29 is 14.7 Å². The molecule has 2 heterocycles. The van der Waals surface area contributed by atoms with Gasteiger partial charge in [-0.15, -0.1) is 0 Å². The van der Waals surface area contributed by atoms with Crippen LogP contribution in [0, 0.1) is 11.8 Å². The molecule has 1 saturated heterocycles. The van der Waals surface area contributed by atoms with Gasteiger partial charge in [-0.3, -0.25) is 9.59 Å². The molecule has 8 nitrogen and oxygen atoms in total. The SMILES string of the molecule is CN1CC[C@@](O)(C#Cc2cccc(-n3nc(C(N)=O)cc3CCCN)c2)C1=O. The number of hydrogen-bond acceptors (Lipinski definition) is 5. The van der Waals surface area contributed by atoms with Crippen LogP contribution >= 0.6 is 0 Å². The minimum absolute atomic E-state index is 0.178. The van der Waals surface area contributed by atoms with Gasteiger partial charge in [-0.25, -0.2) is 4.68 Å². The van der Waals surface area contributed by atoms with Gasteiger partial charge >= 0.3 is 0 Å². The van der Waals surface area contributed by atoms with Gasteiger partial charge in [0.1, 0.15) is 0 Å². The van der Waals surface area contributed by atoms with Crippen LogP contribution in [0.3, 0.4) is 0 Å². The number of carbonyl (C=O) groups excluding carboxylic acids is 2. The maximum absolute atomic E-state index is 12.1. The van der Waals surface area contributed by atoms with E-state index in [9.17, 15) is 14.7 Å². The van der Waals surface area contributed by atoms with Crippen LogP contribution in [0.5, 0.6) is 0 Å². The molecule has 28 heavy (non-hydrogen) atoms. The maximum atomic E-state index is 12.1. The molecule has 8 heteroatoms. The molecule has 0 bridgehead atoms. The number of hydrogen-bond donors (Lipinski definition) is 3. The Labute approximate surface area is 163 Å². The molecule has 0 saturated carbocycles. The number of aryl methyl sites for hydroxylation is 1. The Morgan fingerprint density at radius 3 is 2.82 bits per heavy atom. The number of rotatable bonds is 5. The van der Waals surface area contributed by atoms with Crippen LogP contribution in [0.2, 0.25) is 0 Å². The van der Waals surface area contributed by atoms with Crippen molar-refractivity contribution in [2.24, 2.45) is 11.5 Å². The first-order valence-corrected chi connectivity index (χ1v) is 9.04. The Bertz CT molecular complexity index is 972. The van der Waals surface area contributed by atoms with Gasteiger partial charge in [0, 0.05) is 31.3 Å². The first-order valence-electron chi connectivity index (χ1n) is 9.04. The number of amides is 2. The Morgan fingerprint density at radius 1 is 1.39 bits per heavy atom. The van der Waals surface area contributed by atoms with Gasteiger partial charge in [-0.05, 0) is 43.7 Å². The molecule has 1 aliphatic rings. The highest BCUT2D eigenvalue weighted by atomic mass is 16.3. The Kier molecular flexibility index (Phi) is 5.49. The molecule has 3 rings (SSSR count). The number of likely N-dealkylation sites (tertiary alicyclic amines) is 1. The summed E-state index contributed by atoms with van der Waals surface area (Å²) in [6, 6.07) is 8.85. The van der Waals surface area contributed by atoms with Crippen LogP contribution < -0.4 is 11.5 Å². The van der Waals surface area contributed by atoms with E-state index in [1.54, 1.807) is 36.0 Å². The molecule has 1 fully saturated rings. The van der Waals surface area contributed by atoms with E-state index in [-0.39, 0.29) is 12.1 Å². The lowest BCUT2D eigenvalue weighted by Gasteiger charge is -2.13. The van der Waals surface area contributed by atoms with Crippen molar-refractivity contribution in [2.45, 2.75) is 24.9 Å². The van der Waals surface area contributed by atoms with E-state index in [1.165, 1.54) is 4.90 Å². The Morgan fingerprint density at radius 2 is 2.18 bits per heavy atom. The van der Waals surface area contributed by atoms with E-state index >= 15 is 0 Å². The average molecular weight is 381 g/mol. The topological polar surface area (TPSA) is 127 Å². The van der Waals surface area contributed by atoms with Crippen molar-refractivity contribution in [3.8, 4) is 17.5 Å². The van der Waals surface area contributed by atoms with Crippen molar-refractivity contribution in [3.05, 3.63) is 47.3 Å². The first-order chi connectivity index (χ1) is 13.3. The smallest absolute Gasteiger partial charge is 0.269 e. The van der Waals surface area contributed by atoms with Gasteiger partial charge in [-0.2, -0.15) is 5.10 Å². The minimum Gasteiger partial charge on any atom is -0.369 e. The van der Waals surface area contributed by atoms with Crippen LogP contribution in [0.15, 0.2) is 30.3 Å². The van der Waals surface area contributed by atoms with Gasteiger partial charge in [0.25, 0.3) is 11.8 Å². The second kappa shape index (κ2) is 7.84. The summed E-state index contributed by atoms with van der Waals surface area (Å²) in [6.45, 7) is 0.987. The summed E-state index contributed by atoms with van der Waals surface area (Å²) in [7, 11) is 1.64. The fourth-order valence-electron chi connectivity index (χ4n) is 3.09. The molecule has 1 aliphatic heterocycles.